The number of methoxy groups -OCH3 is 1. The summed E-state index contributed by atoms with van der Waals surface area (Å²) in [5.41, 5.74) is 2.36. The number of nitrogens with zero attached hydrogens (tertiary/aromatic N) is 2. The lowest BCUT2D eigenvalue weighted by atomic mass is 9.91. The number of piperidine rings is 1. The Bertz CT molecular complexity index is 751. The summed E-state index contributed by atoms with van der Waals surface area (Å²) < 4.78 is 4.93. The van der Waals surface area contributed by atoms with Crippen molar-refractivity contribution >= 4 is 29.3 Å². The number of ether oxygens (including phenoxy) is 1. The van der Waals surface area contributed by atoms with Crippen molar-refractivity contribution in [3.05, 3.63) is 23.8 Å². The molecule has 0 radical (unpaired) electrons. The number of carboxylic acid groups (broad SMARTS) is 1. The van der Waals surface area contributed by atoms with E-state index in [4.69, 9.17) is 4.74 Å². The molecule has 8 heteroatoms. The summed E-state index contributed by atoms with van der Waals surface area (Å²) >= 11 is 0. The number of carboxylic acids is 1. The van der Waals surface area contributed by atoms with E-state index in [1.54, 1.807) is 15.9 Å². The summed E-state index contributed by atoms with van der Waals surface area (Å²) in [6.45, 7) is 3.25. The lowest BCUT2D eigenvalue weighted by Crippen LogP contribution is -2.47. The Labute approximate surface area is 158 Å². The molecule has 0 bridgehead atoms. The van der Waals surface area contributed by atoms with Crippen molar-refractivity contribution in [3.63, 3.8) is 0 Å². The van der Waals surface area contributed by atoms with Gasteiger partial charge in [-0.1, -0.05) is 13.0 Å². The van der Waals surface area contributed by atoms with Gasteiger partial charge < -0.3 is 25.0 Å². The van der Waals surface area contributed by atoms with Gasteiger partial charge in [0.25, 0.3) is 5.91 Å². The maximum atomic E-state index is 12.7. The molecule has 0 aliphatic carbocycles. The van der Waals surface area contributed by atoms with Gasteiger partial charge in [0.05, 0.1) is 5.92 Å². The van der Waals surface area contributed by atoms with E-state index < -0.39 is 11.9 Å². The number of aliphatic carboxylic acids is 1. The van der Waals surface area contributed by atoms with Crippen molar-refractivity contribution in [2.24, 2.45) is 11.8 Å². The molecule has 2 aliphatic heterocycles. The van der Waals surface area contributed by atoms with E-state index >= 15 is 0 Å². The molecule has 27 heavy (non-hydrogen) atoms. The van der Waals surface area contributed by atoms with E-state index in [9.17, 15) is 19.5 Å². The van der Waals surface area contributed by atoms with Crippen LogP contribution in [0.4, 0.5) is 16.2 Å². The quantitative estimate of drug-likeness (QED) is 0.836. The second kappa shape index (κ2) is 7.96. The van der Waals surface area contributed by atoms with Gasteiger partial charge in [-0.15, -0.1) is 0 Å². The largest absolute Gasteiger partial charge is 0.481 e. The van der Waals surface area contributed by atoms with Gasteiger partial charge in [-0.3, -0.25) is 9.59 Å². The molecular weight excluding hydrogens is 350 g/mol. The van der Waals surface area contributed by atoms with Gasteiger partial charge in [0.2, 0.25) is 0 Å². The van der Waals surface area contributed by atoms with Gasteiger partial charge in [0.1, 0.15) is 6.61 Å². The Morgan fingerprint density at radius 3 is 2.78 bits per heavy atom. The number of fused-ring (bicyclic) bond motifs is 1. The smallest absolute Gasteiger partial charge is 0.321 e. The zero-order valence-electron chi connectivity index (χ0n) is 15.6. The van der Waals surface area contributed by atoms with Crippen LogP contribution in [0.5, 0.6) is 0 Å². The van der Waals surface area contributed by atoms with Crippen LogP contribution in [-0.4, -0.2) is 61.3 Å². The van der Waals surface area contributed by atoms with Crippen LogP contribution in [0.25, 0.3) is 0 Å². The third-order valence-electron chi connectivity index (χ3n) is 5.13. The zero-order chi connectivity index (χ0) is 19.6. The van der Waals surface area contributed by atoms with Crippen molar-refractivity contribution < 1.29 is 24.2 Å². The predicted octanol–water partition coefficient (Wildman–Crippen LogP) is 1.80. The molecule has 146 valence electrons. The van der Waals surface area contributed by atoms with Crippen molar-refractivity contribution in [2.45, 2.75) is 19.8 Å². The number of carbonyl (C=O) groups is 3. The third kappa shape index (κ3) is 4.05. The molecular formula is C19H25N3O5. The number of likely N-dealkylation sites (tertiary alicyclic amines) is 1. The Kier molecular flexibility index (Phi) is 5.65. The second-order valence-electron chi connectivity index (χ2n) is 7.24. The topological polar surface area (TPSA) is 99.2 Å². The summed E-state index contributed by atoms with van der Waals surface area (Å²) in [7, 11) is 1.48. The summed E-state index contributed by atoms with van der Waals surface area (Å²) in [5, 5.41) is 12.2. The van der Waals surface area contributed by atoms with Gasteiger partial charge in [-0.2, -0.15) is 0 Å². The monoisotopic (exact) mass is 375 g/mol. The number of rotatable bonds is 4. The van der Waals surface area contributed by atoms with Crippen molar-refractivity contribution in [1.29, 1.82) is 0 Å². The predicted molar refractivity (Wildman–Crippen MR) is 99.9 cm³/mol. The molecule has 0 saturated carbocycles. The molecule has 1 aromatic carbocycles. The lowest BCUT2D eigenvalue weighted by molar-refractivity contribution is -0.143. The number of amides is 3. The van der Waals surface area contributed by atoms with Crippen LogP contribution in [0.2, 0.25) is 0 Å². The molecule has 3 rings (SSSR count). The molecule has 2 heterocycles. The molecule has 2 N–H and O–H groups in total. The fraction of sp³-hybridized carbons (Fsp3) is 0.526. The maximum Gasteiger partial charge on any atom is 0.321 e. The van der Waals surface area contributed by atoms with Crippen molar-refractivity contribution in [3.8, 4) is 0 Å². The number of carbonyl (C=O) groups excluding carboxylic acids is 2. The van der Waals surface area contributed by atoms with E-state index in [1.165, 1.54) is 7.11 Å². The van der Waals surface area contributed by atoms with Crippen molar-refractivity contribution in [1.82, 2.24) is 4.90 Å². The van der Waals surface area contributed by atoms with E-state index in [0.29, 0.717) is 31.6 Å². The zero-order valence-corrected chi connectivity index (χ0v) is 15.6. The molecule has 3 amide bonds. The lowest BCUT2D eigenvalue weighted by Gasteiger charge is -2.34. The maximum absolute atomic E-state index is 12.7. The highest BCUT2D eigenvalue weighted by Crippen LogP contribution is 2.34. The standard InChI is InChI=1S/C19H25N3O5/c1-12-8-13(18(24)25)10-21(9-12)19(26)20-15-4-3-5-16-14(15)6-7-22(16)17(23)11-27-2/h3-5,12-13H,6-11H2,1-2H3,(H,20,26)(H,24,25). The number of hydrogen-bond acceptors (Lipinski definition) is 4. The van der Waals surface area contributed by atoms with Gasteiger partial charge >= 0.3 is 12.0 Å². The van der Waals surface area contributed by atoms with Gasteiger partial charge in [0.15, 0.2) is 0 Å². The van der Waals surface area contributed by atoms with Crippen LogP contribution in [0.15, 0.2) is 18.2 Å². The Morgan fingerprint density at radius 2 is 2.07 bits per heavy atom. The average molecular weight is 375 g/mol. The number of hydrogen-bond donors (Lipinski definition) is 2. The first-order valence-corrected chi connectivity index (χ1v) is 9.10. The van der Waals surface area contributed by atoms with Gasteiger partial charge in [-0.25, -0.2) is 4.79 Å². The Hall–Kier alpha value is -2.61. The number of benzene rings is 1. The summed E-state index contributed by atoms with van der Waals surface area (Å²) in [4.78, 5) is 39.5. The van der Waals surface area contributed by atoms with E-state index in [1.807, 2.05) is 19.1 Å². The van der Waals surface area contributed by atoms with E-state index in [0.717, 1.165) is 11.3 Å². The normalized spacial score (nSPS) is 21.7. The van der Waals surface area contributed by atoms with Crippen molar-refractivity contribution in [2.75, 3.05) is 43.6 Å². The van der Waals surface area contributed by atoms with E-state index in [-0.39, 0.29) is 31.0 Å². The minimum atomic E-state index is -0.868. The van der Waals surface area contributed by atoms with Crippen LogP contribution in [0, 0.1) is 11.8 Å². The first-order chi connectivity index (χ1) is 12.9. The number of anilines is 2. The highest BCUT2D eigenvalue weighted by atomic mass is 16.5. The SMILES string of the molecule is COCC(=O)N1CCc2c(NC(=O)N3CC(C)CC(C(=O)O)C3)cccc21. The molecule has 1 saturated heterocycles. The molecule has 8 nitrogen and oxygen atoms in total. The van der Waals surface area contributed by atoms with Crippen LogP contribution in [0.1, 0.15) is 18.9 Å². The van der Waals surface area contributed by atoms with Gasteiger partial charge in [0, 0.05) is 43.7 Å². The van der Waals surface area contributed by atoms with Crippen LogP contribution in [0.3, 0.4) is 0 Å². The highest BCUT2D eigenvalue weighted by molar-refractivity contribution is 5.99. The van der Waals surface area contributed by atoms with E-state index in [2.05, 4.69) is 5.32 Å². The molecule has 1 aromatic rings. The molecule has 0 aromatic heterocycles. The first-order valence-electron chi connectivity index (χ1n) is 9.10. The highest BCUT2D eigenvalue weighted by Gasteiger charge is 2.33. The number of urea groups is 1. The summed E-state index contributed by atoms with van der Waals surface area (Å²) in [6, 6.07) is 5.16. The average Bonchev–Trinajstić information content (AvgIpc) is 3.06. The molecule has 2 unspecified atom stereocenters. The molecule has 0 spiro atoms. The number of nitrogens with one attached hydrogen (secondary N) is 1. The fourth-order valence-corrected chi connectivity index (χ4v) is 3.90. The molecule has 1 fully saturated rings. The third-order valence-corrected chi connectivity index (χ3v) is 5.13. The molecule has 2 aliphatic rings. The minimum absolute atomic E-state index is 0.0122. The van der Waals surface area contributed by atoms with Crippen LogP contribution in [-0.2, 0) is 20.7 Å². The van der Waals surface area contributed by atoms with Crippen LogP contribution < -0.4 is 10.2 Å². The molecule has 2 atom stereocenters. The minimum Gasteiger partial charge on any atom is -0.481 e. The van der Waals surface area contributed by atoms with Gasteiger partial charge in [-0.05, 0) is 30.9 Å². The summed E-state index contributed by atoms with van der Waals surface area (Å²) in [5.74, 6) is -1.39. The fourth-order valence-electron chi connectivity index (χ4n) is 3.90. The second-order valence-corrected chi connectivity index (χ2v) is 7.24. The first kappa shape index (κ1) is 19.2. The van der Waals surface area contributed by atoms with Crippen LogP contribution >= 0.6 is 0 Å². The Balaban J connectivity index is 1.74. The Morgan fingerprint density at radius 1 is 1.30 bits per heavy atom. The summed E-state index contributed by atoms with van der Waals surface area (Å²) in [6.07, 6.45) is 1.23.